The summed E-state index contributed by atoms with van der Waals surface area (Å²) >= 11 is 0. The first-order valence-electron chi connectivity index (χ1n) is 6.87. The van der Waals surface area contributed by atoms with Crippen molar-refractivity contribution < 1.29 is 0 Å². The van der Waals surface area contributed by atoms with E-state index >= 15 is 0 Å². The summed E-state index contributed by atoms with van der Waals surface area (Å²) < 4.78 is 3.62. The number of nitrogens with zero attached hydrogens (tertiary/aromatic N) is 5. The summed E-state index contributed by atoms with van der Waals surface area (Å²) in [6.45, 7) is 2.86. The molecule has 0 aliphatic rings. The lowest BCUT2D eigenvalue weighted by atomic mass is 10.1. The average Bonchev–Trinajstić information content (AvgIpc) is 3.12. The van der Waals surface area contributed by atoms with Crippen LogP contribution in [0.1, 0.15) is 24.1 Å². The standard InChI is InChI=1S/C15H18N6/c1-12(14-7-17-20(2)9-14)19-15-5-3-13(4-6-15)8-21-11-16-10-18-21/h3-7,9-12,19H,8H2,1-2H3. The molecule has 1 aromatic carbocycles. The van der Waals surface area contributed by atoms with Gasteiger partial charge in [0.15, 0.2) is 0 Å². The number of aromatic nitrogens is 5. The summed E-state index contributed by atoms with van der Waals surface area (Å²) in [5, 5.41) is 11.8. The van der Waals surface area contributed by atoms with Crippen molar-refractivity contribution in [3.63, 3.8) is 0 Å². The minimum absolute atomic E-state index is 0.222. The highest BCUT2D eigenvalue weighted by Crippen LogP contribution is 2.19. The van der Waals surface area contributed by atoms with Crippen LogP contribution in [0.5, 0.6) is 0 Å². The molecule has 6 nitrogen and oxygen atoms in total. The fraction of sp³-hybridized carbons (Fsp3) is 0.267. The van der Waals surface area contributed by atoms with Gasteiger partial charge in [0.2, 0.25) is 0 Å². The second kappa shape index (κ2) is 5.78. The van der Waals surface area contributed by atoms with Crippen LogP contribution >= 0.6 is 0 Å². The number of anilines is 1. The lowest BCUT2D eigenvalue weighted by Crippen LogP contribution is -2.06. The molecule has 0 saturated carbocycles. The van der Waals surface area contributed by atoms with E-state index in [1.165, 1.54) is 11.1 Å². The second-order valence-corrected chi connectivity index (χ2v) is 5.10. The van der Waals surface area contributed by atoms with E-state index in [2.05, 4.69) is 51.7 Å². The third-order valence-corrected chi connectivity index (χ3v) is 3.37. The SMILES string of the molecule is CC(Nc1ccc(Cn2cncn2)cc1)c1cnn(C)c1. The average molecular weight is 282 g/mol. The summed E-state index contributed by atoms with van der Waals surface area (Å²) in [7, 11) is 1.93. The first kappa shape index (κ1) is 13.4. The molecule has 0 aliphatic carbocycles. The van der Waals surface area contributed by atoms with Gasteiger partial charge < -0.3 is 5.32 Å². The first-order valence-corrected chi connectivity index (χ1v) is 6.87. The molecule has 1 atom stereocenters. The molecule has 6 heteroatoms. The zero-order chi connectivity index (χ0) is 14.7. The van der Waals surface area contributed by atoms with Crippen LogP contribution in [0.15, 0.2) is 49.3 Å². The molecule has 0 amide bonds. The van der Waals surface area contributed by atoms with Gasteiger partial charge in [0, 0.05) is 24.5 Å². The Morgan fingerprint density at radius 2 is 2.00 bits per heavy atom. The van der Waals surface area contributed by atoms with Crippen LogP contribution in [0.25, 0.3) is 0 Å². The molecule has 3 rings (SSSR count). The van der Waals surface area contributed by atoms with Crippen molar-refractivity contribution in [3.8, 4) is 0 Å². The van der Waals surface area contributed by atoms with Crippen LogP contribution in [0.4, 0.5) is 5.69 Å². The molecule has 1 unspecified atom stereocenters. The maximum absolute atomic E-state index is 4.20. The molecule has 0 bridgehead atoms. The van der Waals surface area contributed by atoms with Crippen molar-refractivity contribution in [1.29, 1.82) is 0 Å². The normalized spacial score (nSPS) is 12.3. The quantitative estimate of drug-likeness (QED) is 0.779. The monoisotopic (exact) mass is 282 g/mol. The Labute approximate surface area is 123 Å². The van der Waals surface area contributed by atoms with Crippen molar-refractivity contribution in [2.24, 2.45) is 7.05 Å². The molecule has 0 spiro atoms. The largest absolute Gasteiger partial charge is 0.378 e. The van der Waals surface area contributed by atoms with E-state index in [1.54, 1.807) is 17.3 Å². The van der Waals surface area contributed by atoms with Gasteiger partial charge in [-0.25, -0.2) is 9.67 Å². The molecule has 0 aliphatic heterocycles. The van der Waals surface area contributed by atoms with Crippen molar-refractivity contribution in [2.45, 2.75) is 19.5 Å². The summed E-state index contributed by atoms with van der Waals surface area (Å²) in [4.78, 5) is 3.94. The van der Waals surface area contributed by atoms with Gasteiger partial charge in [-0.2, -0.15) is 10.2 Å². The highest BCUT2D eigenvalue weighted by atomic mass is 15.3. The van der Waals surface area contributed by atoms with Crippen molar-refractivity contribution >= 4 is 5.69 Å². The van der Waals surface area contributed by atoms with Gasteiger partial charge in [-0.3, -0.25) is 4.68 Å². The Kier molecular flexibility index (Phi) is 3.68. The van der Waals surface area contributed by atoms with E-state index in [4.69, 9.17) is 0 Å². The molecule has 108 valence electrons. The summed E-state index contributed by atoms with van der Waals surface area (Å²) in [5.74, 6) is 0. The number of benzene rings is 1. The number of hydrogen-bond donors (Lipinski definition) is 1. The van der Waals surface area contributed by atoms with Gasteiger partial charge in [0.1, 0.15) is 12.7 Å². The van der Waals surface area contributed by atoms with Crippen LogP contribution in [0, 0.1) is 0 Å². The van der Waals surface area contributed by atoms with Crippen molar-refractivity contribution in [3.05, 3.63) is 60.4 Å². The minimum Gasteiger partial charge on any atom is -0.378 e. The number of aryl methyl sites for hydroxylation is 1. The maximum atomic E-state index is 4.20. The van der Waals surface area contributed by atoms with E-state index in [0.717, 1.165) is 12.2 Å². The number of hydrogen-bond acceptors (Lipinski definition) is 4. The summed E-state index contributed by atoms with van der Waals surface area (Å²) in [5.41, 5.74) is 3.46. The van der Waals surface area contributed by atoms with Crippen LogP contribution in [0.3, 0.4) is 0 Å². The highest BCUT2D eigenvalue weighted by Gasteiger charge is 2.07. The lowest BCUT2D eigenvalue weighted by molar-refractivity contribution is 0.685. The Morgan fingerprint density at radius 3 is 2.62 bits per heavy atom. The van der Waals surface area contributed by atoms with E-state index < -0.39 is 0 Å². The molecule has 0 radical (unpaired) electrons. The molecule has 2 heterocycles. The molecular formula is C15H18N6. The number of rotatable bonds is 5. The highest BCUT2D eigenvalue weighted by molar-refractivity contribution is 5.46. The molecule has 0 saturated heterocycles. The van der Waals surface area contributed by atoms with E-state index in [0.29, 0.717) is 0 Å². The minimum atomic E-state index is 0.222. The fourth-order valence-electron chi connectivity index (χ4n) is 2.20. The van der Waals surface area contributed by atoms with Gasteiger partial charge in [-0.05, 0) is 24.6 Å². The second-order valence-electron chi connectivity index (χ2n) is 5.10. The maximum Gasteiger partial charge on any atom is 0.137 e. The van der Waals surface area contributed by atoms with Gasteiger partial charge >= 0.3 is 0 Å². The van der Waals surface area contributed by atoms with E-state index in [1.807, 2.05) is 24.1 Å². The summed E-state index contributed by atoms with van der Waals surface area (Å²) in [6.07, 6.45) is 7.18. The lowest BCUT2D eigenvalue weighted by Gasteiger charge is -2.14. The molecule has 2 aromatic heterocycles. The van der Waals surface area contributed by atoms with Crippen molar-refractivity contribution in [1.82, 2.24) is 24.5 Å². The Bertz CT molecular complexity index is 683. The fourth-order valence-corrected chi connectivity index (χ4v) is 2.20. The topological polar surface area (TPSA) is 60.6 Å². The zero-order valence-electron chi connectivity index (χ0n) is 12.1. The Balaban J connectivity index is 1.64. The predicted octanol–water partition coefficient (Wildman–Crippen LogP) is 2.23. The predicted molar refractivity (Wildman–Crippen MR) is 80.8 cm³/mol. The van der Waals surface area contributed by atoms with Gasteiger partial charge in [0.25, 0.3) is 0 Å². The van der Waals surface area contributed by atoms with Gasteiger partial charge in [0.05, 0.1) is 18.8 Å². The Hall–Kier alpha value is -2.63. The molecular weight excluding hydrogens is 264 g/mol. The van der Waals surface area contributed by atoms with Crippen LogP contribution in [-0.2, 0) is 13.6 Å². The molecule has 1 N–H and O–H groups in total. The third-order valence-electron chi connectivity index (χ3n) is 3.37. The Morgan fingerprint density at radius 1 is 1.19 bits per heavy atom. The van der Waals surface area contributed by atoms with Crippen LogP contribution in [-0.4, -0.2) is 24.5 Å². The van der Waals surface area contributed by atoms with Crippen molar-refractivity contribution in [2.75, 3.05) is 5.32 Å². The molecule has 21 heavy (non-hydrogen) atoms. The van der Waals surface area contributed by atoms with Crippen LogP contribution < -0.4 is 5.32 Å². The van der Waals surface area contributed by atoms with Gasteiger partial charge in [-0.1, -0.05) is 12.1 Å². The molecule has 0 fully saturated rings. The smallest absolute Gasteiger partial charge is 0.137 e. The summed E-state index contributed by atoms with van der Waals surface area (Å²) in [6, 6.07) is 8.58. The van der Waals surface area contributed by atoms with E-state index in [-0.39, 0.29) is 6.04 Å². The van der Waals surface area contributed by atoms with E-state index in [9.17, 15) is 0 Å². The first-order chi connectivity index (χ1) is 10.2. The number of nitrogens with one attached hydrogen (secondary N) is 1. The van der Waals surface area contributed by atoms with Gasteiger partial charge in [-0.15, -0.1) is 0 Å². The molecule has 3 aromatic rings. The zero-order valence-corrected chi connectivity index (χ0v) is 12.1. The third kappa shape index (κ3) is 3.28. The van der Waals surface area contributed by atoms with Crippen LogP contribution in [0.2, 0.25) is 0 Å².